The highest BCUT2D eigenvalue weighted by molar-refractivity contribution is 5.79. The van der Waals surface area contributed by atoms with Gasteiger partial charge in [-0.15, -0.1) is 0 Å². The van der Waals surface area contributed by atoms with Crippen molar-refractivity contribution >= 4 is 5.96 Å². The van der Waals surface area contributed by atoms with E-state index in [0.717, 1.165) is 44.1 Å². The van der Waals surface area contributed by atoms with Gasteiger partial charge in [-0.1, -0.05) is 19.1 Å². The molecular formula is C15H25N3O. The van der Waals surface area contributed by atoms with Crippen molar-refractivity contribution in [2.75, 3.05) is 27.2 Å². The molecule has 1 aromatic carbocycles. The van der Waals surface area contributed by atoms with Crippen LogP contribution in [0.4, 0.5) is 0 Å². The topological polar surface area (TPSA) is 45.7 Å². The number of rotatable bonds is 7. The van der Waals surface area contributed by atoms with Crippen LogP contribution in [0.5, 0.6) is 5.75 Å². The Balaban J connectivity index is 2.22. The Kier molecular flexibility index (Phi) is 7.47. The number of ether oxygens (including phenoxy) is 1. The fraction of sp³-hybridized carbons (Fsp3) is 0.533. The zero-order valence-electron chi connectivity index (χ0n) is 12.2. The van der Waals surface area contributed by atoms with Gasteiger partial charge in [-0.3, -0.25) is 4.99 Å². The Bertz CT molecular complexity index is 373. The Morgan fingerprint density at radius 3 is 2.42 bits per heavy atom. The van der Waals surface area contributed by atoms with E-state index in [-0.39, 0.29) is 0 Å². The van der Waals surface area contributed by atoms with Crippen molar-refractivity contribution in [3.63, 3.8) is 0 Å². The first-order chi connectivity index (χ1) is 9.30. The molecule has 19 heavy (non-hydrogen) atoms. The summed E-state index contributed by atoms with van der Waals surface area (Å²) in [6.45, 7) is 4.03. The van der Waals surface area contributed by atoms with Crippen LogP contribution in [0, 0.1) is 0 Å². The molecule has 0 spiro atoms. The van der Waals surface area contributed by atoms with Crippen molar-refractivity contribution in [2.45, 2.75) is 26.2 Å². The van der Waals surface area contributed by atoms with Gasteiger partial charge in [-0.2, -0.15) is 0 Å². The highest BCUT2D eigenvalue weighted by Gasteiger charge is 1.97. The monoisotopic (exact) mass is 263 g/mol. The molecule has 0 aliphatic carbocycles. The number of nitrogens with one attached hydrogen (secondary N) is 2. The molecule has 0 saturated heterocycles. The summed E-state index contributed by atoms with van der Waals surface area (Å²) >= 11 is 0. The second-order valence-corrected chi connectivity index (χ2v) is 4.38. The third-order valence-corrected chi connectivity index (χ3v) is 2.86. The first-order valence-electron chi connectivity index (χ1n) is 6.87. The number of hydrogen-bond acceptors (Lipinski definition) is 2. The minimum absolute atomic E-state index is 0.886. The van der Waals surface area contributed by atoms with E-state index in [1.54, 1.807) is 14.2 Å². The summed E-state index contributed by atoms with van der Waals surface area (Å²) in [6, 6.07) is 8.24. The minimum Gasteiger partial charge on any atom is -0.497 e. The van der Waals surface area contributed by atoms with Gasteiger partial charge in [-0.25, -0.2) is 0 Å². The highest BCUT2D eigenvalue weighted by Crippen LogP contribution is 2.12. The van der Waals surface area contributed by atoms with Crippen LogP contribution in [-0.2, 0) is 6.42 Å². The fourth-order valence-corrected chi connectivity index (χ4v) is 1.76. The quantitative estimate of drug-likeness (QED) is 0.450. The van der Waals surface area contributed by atoms with Crippen molar-refractivity contribution in [1.82, 2.24) is 10.6 Å². The zero-order chi connectivity index (χ0) is 13.9. The standard InChI is InChI=1S/C15H25N3O/c1-4-11-17-15(16-2)18-12-5-6-13-7-9-14(19-3)10-8-13/h7-10H,4-6,11-12H2,1-3H3,(H2,16,17,18). The molecule has 0 unspecified atom stereocenters. The molecule has 1 aromatic rings. The van der Waals surface area contributed by atoms with Crippen LogP contribution in [0.3, 0.4) is 0 Å². The molecule has 1 rings (SSSR count). The van der Waals surface area contributed by atoms with Crippen LogP contribution in [-0.4, -0.2) is 33.2 Å². The van der Waals surface area contributed by atoms with Gasteiger partial charge >= 0.3 is 0 Å². The average molecular weight is 263 g/mol. The number of nitrogens with zero attached hydrogens (tertiary/aromatic N) is 1. The highest BCUT2D eigenvalue weighted by atomic mass is 16.5. The predicted molar refractivity (Wildman–Crippen MR) is 81.0 cm³/mol. The molecule has 0 bridgehead atoms. The van der Waals surface area contributed by atoms with Crippen LogP contribution in [0.2, 0.25) is 0 Å². The Morgan fingerprint density at radius 2 is 1.84 bits per heavy atom. The largest absolute Gasteiger partial charge is 0.497 e. The molecule has 4 nitrogen and oxygen atoms in total. The van der Waals surface area contributed by atoms with Gasteiger partial charge in [0.1, 0.15) is 5.75 Å². The number of benzene rings is 1. The van der Waals surface area contributed by atoms with Gasteiger partial charge in [0.05, 0.1) is 7.11 Å². The molecule has 0 amide bonds. The maximum absolute atomic E-state index is 5.14. The van der Waals surface area contributed by atoms with Crippen LogP contribution in [0.25, 0.3) is 0 Å². The lowest BCUT2D eigenvalue weighted by Crippen LogP contribution is -2.38. The van der Waals surface area contributed by atoms with Gasteiger partial charge in [-0.05, 0) is 37.0 Å². The van der Waals surface area contributed by atoms with Crippen LogP contribution in [0.1, 0.15) is 25.3 Å². The van der Waals surface area contributed by atoms with E-state index in [1.807, 2.05) is 12.1 Å². The number of aryl methyl sites for hydroxylation is 1. The number of guanidine groups is 1. The summed E-state index contributed by atoms with van der Waals surface area (Å²) < 4.78 is 5.14. The molecular weight excluding hydrogens is 238 g/mol. The van der Waals surface area contributed by atoms with Crippen molar-refractivity contribution in [2.24, 2.45) is 4.99 Å². The molecule has 106 valence electrons. The second-order valence-electron chi connectivity index (χ2n) is 4.38. The normalized spacial score (nSPS) is 11.2. The molecule has 0 radical (unpaired) electrons. The summed E-state index contributed by atoms with van der Waals surface area (Å²) in [7, 11) is 3.49. The molecule has 0 aliphatic heterocycles. The summed E-state index contributed by atoms with van der Waals surface area (Å²) in [5.41, 5.74) is 1.33. The third-order valence-electron chi connectivity index (χ3n) is 2.86. The van der Waals surface area contributed by atoms with Crippen molar-refractivity contribution in [3.05, 3.63) is 29.8 Å². The predicted octanol–water partition coefficient (Wildman–Crippen LogP) is 2.20. The van der Waals surface area contributed by atoms with Crippen LogP contribution in [0.15, 0.2) is 29.3 Å². The molecule has 2 N–H and O–H groups in total. The van der Waals surface area contributed by atoms with Gasteiger partial charge in [0.25, 0.3) is 0 Å². The van der Waals surface area contributed by atoms with Crippen molar-refractivity contribution in [1.29, 1.82) is 0 Å². The van der Waals surface area contributed by atoms with Gasteiger partial charge < -0.3 is 15.4 Å². The summed E-state index contributed by atoms with van der Waals surface area (Å²) in [5, 5.41) is 6.57. The summed E-state index contributed by atoms with van der Waals surface area (Å²) in [5.74, 6) is 1.79. The number of hydrogen-bond donors (Lipinski definition) is 2. The summed E-state index contributed by atoms with van der Waals surface area (Å²) in [4.78, 5) is 4.17. The molecule has 0 fully saturated rings. The molecule has 4 heteroatoms. The Morgan fingerprint density at radius 1 is 1.16 bits per heavy atom. The van der Waals surface area contributed by atoms with E-state index in [2.05, 4.69) is 34.7 Å². The summed E-state index contributed by atoms with van der Waals surface area (Å²) in [6.07, 6.45) is 3.24. The number of methoxy groups -OCH3 is 1. The average Bonchev–Trinajstić information content (AvgIpc) is 2.47. The van der Waals surface area contributed by atoms with E-state index in [4.69, 9.17) is 4.74 Å². The van der Waals surface area contributed by atoms with Crippen LogP contribution < -0.4 is 15.4 Å². The van der Waals surface area contributed by atoms with E-state index in [9.17, 15) is 0 Å². The van der Waals surface area contributed by atoms with E-state index < -0.39 is 0 Å². The molecule has 0 saturated carbocycles. The third kappa shape index (κ3) is 6.13. The lowest BCUT2D eigenvalue weighted by atomic mass is 10.1. The Labute approximate surface area is 116 Å². The minimum atomic E-state index is 0.886. The van der Waals surface area contributed by atoms with E-state index in [0.29, 0.717) is 0 Å². The van der Waals surface area contributed by atoms with E-state index >= 15 is 0 Å². The van der Waals surface area contributed by atoms with Gasteiger partial charge in [0.2, 0.25) is 0 Å². The lowest BCUT2D eigenvalue weighted by Gasteiger charge is -2.11. The first kappa shape index (κ1) is 15.3. The van der Waals surface area contributed by atoms with Gasteiger partial charge in [0.15, 0.2) is 5.96 Å². The fourth-order valence-electron chi connectivity index (χ4n) is 1.76. The van der Waals surface area contributed by atoms with Crippen molar-refractivity contribution < 1.29 is 4.74 Å². The van der Waals surface area contributed by atoms with Crippen LogP contribution >= 0.6 is 0 Å². The van der Waals surface area contributed by atoms with Gasteiger partial charge in [0, 0.05) is 20.1 Å². The molecule has 0 heterocycles. The molecule has 0 aromatic heterocycles. The van der Waals surface area contributed by atoms with Crippen molar-refractivity contribution in [3.8, 4) is 5.75 Å². The van der Waals surface area contributed by atoms with E-state index in [1.165, 1.54) is 5.56 Å². The first-order valence-corrected chi connectivity index (χ1v) is 6.87. The smallest absolute Gasteiger partial charge is 0.190 e. The molecule has 0 aliphatic rings. The lowest BCUT2D eigenvalue weighted by molar-refractivity contribution is 0.414. The maximum Gasteiger partial charge on any atom is 0.190 e. The second kappa shape index (κ2) is 9.25. The maximum atomic E-state index is 5.14. The SMILES string of the molecule is CCCNC(=NC)NCCCc1ccc(OC)cc1. The number of aliphatic imine (C=N–C) groups is 1. The Hall–Kier alpha value is -1.71. The zero-order valence-corrected chi connectivity index (χ0v) is 12.2. The molecule has 0 atom stereocenters.